The van der Waals surface area contributed by atoms with Gasteiger partial charge in [-0.2, -0.15) is 0 Å². The maximum atomic E-state index is 11.4. The van der Waals surface area contributed by atoms with E-state index in [4.69, 9.17) is 5.73 Å². The molecule has 0 spiro atoms. The van der Waals surface area contributed by atoms with E-state index in [1.807, 2.05) is 11.4 Å². The van der Waals surface area contributed by atoms with E-state index in [9.17, 15) is 4.79 Å². The summed E-state index contributed by atoms with van der Waals surface area (Å²) in [6.07, 6.45) is 3.80. The lowest BCUT2D eigenvalue weighted by molar-refractivity contribution is -0.121. The Hall–Kier alpha value is -1.07. The minimum Gasteiger partial charge on any atom is -0.398 e. The summed E-state index contributed by atoms with van der Waals surface area (Å²) in [5.74, 6) is 0.185. The van der Waals surface area contributed by atoms with Crippen LogP contribution in [0.2, 0.25) is 0 Å². The number of amides is 1. The van der Waals surface area contributed by atoms with E-state index < -0.39 is 0 Å². The monoisotopic (exact) mass is 253 g/mol. The quantitative estimate of drug-likeness (QED) is 0.645. The molecular formula is C12H19N3OS. The number of hydrogen-bond acceptors (Lipinski definition) is 4. The lowest BCUT2D eigenvalue weighted by atomic mass is 10.3. The molecule has 0 aliphatic heterocycles. The Morgan fingerprint density at radius 1 is 1.53 bits per heavy atom. The first kappa shape index (κ1) is 12.4. The molecule has 94 valence electrons. The van der Waals surface area contributed by atoms with E-state index in [2.05, 4.69) is 10.6 Å². The van der Waals surface area contributed by atoms with Crippen LogP contribution in [-0.4, -0.2) is 18.5 Å². The lowest BCUT2D eigenvalue weighted by Crippen LogP contribution is -2.26. The second kappa shape index (κ2) is 6.02. The van der Waals surface area contributed by atoms with E-state index in [1.54, 1.807) is 11.3 Å². The van der Waals surface area contributed by atoms with Gasteiger partial charge in [0.25, 0.3) is 0 Å². The van der Waals surface area contributed by atoms with Crippen LogP contribution >= 0.6 is 11.3 Å². The van der Waals surface area contributed by atoms with Gasteiger partial charge in [0.1, 0.15) is 0 Å². The van der Waals surface area contributed by atoms with Crippen LogP contribution in [0.3, 0.4) is 0 Å². The highest BCUT2D eigenvalue weighted by molar-refractivity contribution is 7.10. The molecule has 1 amide bonds. The topological polar surface area (TPSA) is 67.1 Å². The Bertz CT molecular complexity index is 374. The summed E-state index contributed by atoms with van der Waals surface area (Å²) in [4.78, 5) is 12.6. The van der Waals surface area contributed by atoms with Crippen LogP contribution in [0.4, 0.5) is 5.69 Å². The number of carbonyl (C=O) groups is 1. The van der Waals surface area contributed by atoms with Gasteiger partial charge in [0.15, 0.2) is 0 Å². The maximum Gasteiger partial charge on any atom is 0.220 e. The zero-order chi connectivity index (χ0) is 12.1. The third-order valence-electron chi connectivity index (χ3n) is 2.77. The summed E-state index contributed by atoms with van der Waals surface area (Å²) >= 11 is 1.66. The summed E-state index contributed by atoms with van der Waals surface area (Å²) in [6.45, 7) is 1.66. The van der Waals surface area contributed by atoms with Gasteiger partial charge in [-0.3, -0.25) is 4.79 Å². The average Bonchev–Trinajstić information content (AvgIpc) is 3.01. The van der Waals surface area contributed by atoms with Crippen molar-refractivity contribution in [2.75, 3.05) is 12.3 Å². The van der Waals surface area contributed by atoms with Crippen molar-refractivity contribution < 1.29 is 4.79 Å². The fourth-order valence-corrected chi connectivity index (χ4v) is 2.37. The van der Waals surface area contributed by atoms with Crippen LogP contribution in [0, 0.1) is 0 Å². The number of anilines is 1. The van der Waals surface area contributed by atoms with Crippen molar-refractivity contribution in [3.8, 4) is 0 Å². The third-order valence-corrected chi connectivity index (χ3v) is 3.70. The number of hydrogen-bond donors (Lipinski definition) is 3. The predicted molar refractivity (Wildman–Crippen MR) is 70.8 cm³/mol. The molecule has 5 heteroatoms. The Morgan fingerprint density at radius 3 is 3.00 bits per heavy atom. The van der Waals surface area contributed by atoms with Crippen molar-refractivity contribution in [3.63, 3.8) is 0 Å². The van der Waals surface area contributed by atoms with Gasteiger partial charge in [-0.05, 0) is 37.3 Å². The summed E-state index contributed by atoms with van der Waals surface area (Å²) in [5.41, 5.74) is 6.63. The summed E-state index contributed by atoms with van der Waals surface area (Å²) in [5, 5.41) is 8.28. The Morgan fingerprint density at radius 2 is 2.35 bits per heavy atom. The molecule has 0 aromatic carbocycles. The van der Waals surface area contributed by atoms with Gasteiger partial charge in [0.05, 0.1) is 0 Å². The van der Waals surface area contributed by atoms with Gasteiger partial charge in [-0.25, -0.2) is 0 Å². The van der Waals surface area contributed by atoms with Gasteiger partial charge >= 0.3 is 0 Å². The highest BCUT2D eigenvalue weighted by Gasteiger charge is 2.22. The highest BCUT2D eigenvalue weighted by Crippen LogP contribution is 2.19. The van der Waals surface area contributed by atoms with Crippen LogP contribution in [0.25, 0.3) is 0 Å². The van der Waals surface area contributed by atoms with Crippen molar-refractivity contribution in [1.82, 2.24) is 10.6 Å². The second-order valence-corrected chi connectivity index (χ2v) is 5.42. The zero-order valence-corrected chi connectivity index (χ0v) is 10.7. The van der Waals surface area contributed by atoms with Gasteiger partial charge in [0.2, 0.25) is 5.91 Å². The smallest absolute Gasteiger partial charge is 0.220 e. The van der Waals surface area contributed by atoms with Crippen LogP contribution in [-0.2, 0) is 11.3 Å². The molecule has 4 N–H and O–H groups in total. The normalized spacial score (nSPS) is 14.8. The molecule has 1 aromatic rings. The molecule has 4 nitrogen and oxygen atoms in total. The molecule has 1 heterocycles. The number of nitrogen functional groups attached to an aromatic ring is 1. The van der Waals surface area contributed by atoms with Gasteiger partial charge in [0, 0.05) is 29.6 Å². The lowest BCUT2D eigenvalue weighted by Gasteiger charge is -2.05. The third kappa shape index (κ3) is 4.36. The largest absolute Gasteiger partial charge is 0.398 e. The predicted octanol–water partition coefficient (Wildman–Crippen LogP) is 1.48. The fraction of sp³-hybridized carbons (Fsp3) is 0.583. The van der Waals surface area contributed by atoms with Crippen molar-refractivity contribution in [2.24, 2.45) is 0 Å². The van der Waals surface area contributed by atoms with E-state index >= 15 is 0 Å². The van der Waals surface area contributed by atoms with E-state index in [1.165, 1.54) is 4.88 Å². The molecule has 1 saturated carbocycles. The van der Waals surface area contributed by atoms with Crippen molar-refractivity contribution in [1.29, 1.82) is 0 Å². The minimum atomic E-state index is 0.185. The molecule has 0 saturated heterocycles. The Labute approximate surface area is 106 Å². The molecular weight excluding hydrogens is 234 g/mol. The van der Waals surface area contributed by atoms with Crippen LogP contribution < -0.4 is 16.4 Å². The highest BCUT2D eigenvalue weighted by atomic mass is 32.1. The first-order chi connectivity index (χ1) is 8.25. The molecule has 1 aliphatic carbocycles. The number of nitrogens with two attached hydrogens (primary N) is 1. The fourth-order valence-electron chi connectivity index (χ4n) is 1.60. The standard InChI is InChI=1S/C12H19N3OS/c13-10-5-7-17-11(10)8-14-6-1-2-12(16)15-9-3-4-9/h5,7,9,14H,1-4,6,8,13H2,(H,15,16). The molecule has 2 rings (SSSR count). The SMILES string of the molecule is Nc1ccsc1CNCCCC(=O)NC1CC1. The molecule has 0 atom stereocenters. The molecule has 0 bridgehead atoms. The van der Waals surface area contributed by atoms with Crippen LogP contribution in [0.5, 0.6) is 0 Å². The molecule has 0 unspecified atom stereocenters. The number of rotatable bonds is 7. The van der Waals surface area contributed by atoms with Gasteiger partial charge in [-0.1, -0.05) is 0 Å². The summed E-state index contributed by atoms with van der Waals surface area (Å²) < 4.78 is 0. The van der Waals surface area contributed by atoms with Crippen molar-refractivity contribution >= 4 is 22.9 Å². The first-order valence-electron chi connectivity index (χ1n) is 6.07. The average molecular weight is 253 g/mol. The molecule has 17 heavy (non-hydrogen) atoms. The van der Waals surface area contributed by atoms with E-state index in [0.29, 0.717) is 12.5 Å². The van der Waals surface area contributed by atoms with E-state index in [0.717, 1.165) is 38.0 Å². The molecule has 1 aromatic heterocycles. The summed E-state index contributed by atoms with van der Waals surface area (Å²) in [7, 11) is 0. The first-order valence-corrected chi connectivity index (χ1v) is 6.95. The van der Waals surface area contributed by atoms with Gasteiger partial charge in [-0.15, -0.1) is 11.3 Å². The van der Waals surface area contributed by atoms with Crippen molar-refractivity contribution in [2.45, 2.75) is 38.3 Å². The second-order valence-electron chi connectivity index (χ2n) is 4.42. The molecule has 1 fully saturated rings. The van der Waals surface area contributed by atoms with Gasteiger partial charge < -0.3 is 16.4 Å². The number of thiophene rings is 1. The molecule has 1 aliphatic rings. The Balaban J connectivity index is 1.51. The van der Waals surface area contributed by atoms with E-state index in [-0.39, 0.29) is 5.91 Å². The number of carbonyl (C=O) groups excluding carboxylic acids is 1. The minimum absolute atomic E-state index is 0.185. The van der Waals surface area contributed by atoms with Crippen molar-refractivity contribution in [3.05, 3.63) is 16.3 Å². The Kier molecular flexibility index (Phi) is 4.39. The zero-order valence-electron chi connectivity index (χ0n) is 9.87. The molecule has 0 radical (unpaired) electrons. The van der Waals surface area contributed by atoms with Crippen LogP contribution in [0.1, 0.15) is 30.6 Å². The summed E-state index contributed by atoms with van der Waals surface area (Å²) in [6, 6.07) is 2.39. The van der Waals surface area contributed by atoms with Crippen LogP contribution in [0.15, 0.2) is 11.4 Å². The number of nitrogens with one attached hydrogen (secondary N) is 2. The maximum absolute atomic E-state index is 11.4.